The van der Waals surface area contributed by atoms with Crippen molar-refractivity contribution in [2.24, 2.45) is 4.99 Å². The van der Waals surface area contributed by atoms with Gasteiger partial charge in [0.05, 0.1) is 18.8 Å². The minimum absolute atomic E-state index is 0.0190. The molecular weight excluding hydrogens is 326 g/mol. The lowest BCUT2D eigenvalue weighted by Crippen LogP contribution is -2.41. The van der Waals surface area contributed by atoms with Crippen molar-refractivity contribution in [2.45, 2.75) is 26.5 Å². The van der Waals surface area contributed by atoms with Crippen molar-refractivity contribution >= 4 is 11.8 Å². The number of benzene rings is 1. The summed E-state index contributed by atoms with van der Waals surface area (Å²) in [6.45, 7) is 5.35. The summed E-state index contributed by atoms with van der Waals surface area (Å²) in [6, 6.07) is 14.1. The van der Waals surface area contributed by atoms with Gasteiger partial charge in [-0.25, -0.2) is 4.98 Å². The maximum absolute atomic E-state index is 5.93. The summed E-state index contributed by atoms with van der Waals surface area (Å²) in [5.74, 6) is 2.54. The minimum Gasteiger partial charge on any atom is -0.489 e. The Bertz CT molecular complexity index is 730. The smallest absolute Gasteiger partial charge is 0.191 e. The van der Waals surface area contributed by atoms with Crippen LogP contribution in [0.15, 0.2) is 47.5 Å². The summed E-state index contributed by atoms with van der Waals surface area (Å²) in [5.41, 5.74) is 2.15. The Hall–Kier alpha value is -2.76. The fraction of sp³-hybridized carbons (Fsp3) is 0.400. The van der Waals surface area contributed by atoms with Crippen LogP contribution in [-0.2, 0) is 6.54 Å². The molecule has 26 heavy (non-hydrogen) atoms. The third-order valence-corrected chi connectivity index (χ3v) is 3.79. The number of rotatable bonds is 7. The predicted molar refractivity (Wildman–Crippen MR) is 108 cm³/mol. The van der Waals surface area contributed by atoms with E-state index in [4.69, 9.17) is 4.74 Å². The van der Waals surface area contributed by atoms with Gasteiger partial charge in [-0.15, -0.1) is 0 Å². The van der Waals surface area contributed by atoms with Gasteiger partial charge in [0.1, 0.15) is 17.7 Å². The number of aliphatic imine (C=N–C) groups is 1. The monoisotopic (exact) mass is 355 g/mol. The number of hydrogen-bond acceptors (Lipinski definition) is 4. The molecule has 2 rings (SSSR count). The van der Waals surface area contributed by atoms with E-state index >= 15 is 0 Å². The van der Waals surface area contributed by atoms with Crippen molar-refractivity contribution in [3.63, 3.8) is 0 Å². The minimum atomic E-state index is 0.0190. The predicted octanol–water partition coefficient (Wildman–Crippen LogP) is 2.59. The van der Waals surface area contributed by atoms with Gasteiger partial charge >= 0.3 is 0 Å². The summed E-state index contributed by atoms with van der Waals surface area (Å²) in [4.78, 5) is 10.8. The molecule has 0 aliphatic rings. The number of anilines is 1. The van der Waals surface area contributed by atoms with Crippen molar-refractivity contribution < 1.29 is 4.74 Å². The van der Waals surface area contributed by atoms with E-state index in [2.05, 4.69) is 33.6 Å². The highest BCUT2D eigenvalue weighted by atomic mass is 16.5. The van der Waals surface area contributed by atoms with Crippen LogP contribution >= 0.6 is 0 Å². The molecule has 1 atom stereocenters. The lowest BCUT2D eigenvalue weighted by molar-refractivity contribution is 0.223. The number of aryl methyl sites for hydroxylation is 1. The summed E-state index contributed by atoms with van der Waals surface area (Å²) in [6.07, 6.45) is 0.0190. The molecule has 6 nitrogen and oxygen atoms in total. The van der Waals surface area contributed by atoms with Crippen LogP contribution in [0, 0.1) is 6.92 Å². The van der Waals surface area contributed by atoms with E-state index in [1.807, 2.05) is 62.3 Å². The zero-order valence-electron chi connectivity index (χ0n) is 16.3. The van der Waals surface area contributed by atoms with E-state index in [-0.39, 0.29) is 6.10 Å². The van der Waals surface area contributed by atoms with Crippen LogP contribution in [0.4, 0.5) is 5.82 Å². The Morgan fingerprint density at radius 1 is 1.19 bits per heavy atom. The number of ether oxygens (including phenoxy) is 1. The molecule has 0 saturated carbocycles. The first kappa shape index (κ1) is 19.6. The van der Waals surface area contributed by atoms with E-state index in [0.717, 1.165) is 23.2 Å². The molecule has 0 fully saturated rings. The summed E-state index contributed by atoms with van der Waals surface area (Å²) >= 11 is 0. The van der Waals surface area contributed by atoms with Crippen molar-refractivity contribution in [1.29, 1.82) is 0 Å². The highest BCUT2D eigenvalue weighted by Crippen LogP contribution is 2.13. The van der Waals surface area contributed by atoms with Gasteiger partial charge in [-0.3, -0.25) is 4.99 Å². The first-order chi connectivity index (χ1) is 12.5. The molecule has 0 bridgehead atoms. The molecule has 1 unspecified atom stereocenters. The van der Waals surface area contributed by atoms with E-state index in [0.29, 0.717) is 13.1 Å². The second-order valence-electron chi connectivity index (χ2n) is 6.43. The number of nitrogens with one attached hydrogen (secondary N) is 2. The maximum atomic E-state index is 5.93. The third kappa shape index (κ3) is 6.27. The Morgan fingerprint density at radius 2 is 1.96 bits per heavy atom. The average molecular weight is 355 g/mol. The summed E-state index contributed by atoms with van der Waals surface area (Å²) in [7, 11) is 5.72. The van der Waals surface area contributed by atoms with Crippen molar-refractivity contribution in [1.82, 2.24) is 15.6 Å². The Labute approximate surface area is 156 Å². The largest absolute Gasteiger partial charge is 0.489 e. The van der Waals surface area contributed by atoms with Crippen molar-refractivity contribution in [3.05, 3.63) is 53.7 Å². The standard InChI is InChI=1S/C20H29N5O/c1-15-8-6-10-18(12-15)26-16(2)13-22-20(21-3)23-14-17-9-7-11-19(24-17)25(4)5/h6-12,16H,13-14H2,1-5H3,(H2,21,22,23). The molecule has 140 valence electrons. The SMILES string of the molecule is CN=C(NCc1cccc(N(C)C)n1)NCC(C)Oc1cccc(C)c1. The highest BCUT2D eigenvalue weighted by Gasteiger charge is 2.07. The average Bonchev–Trinajstić information content (AvgIpc) is 2.62. The second-order valence-corrected chi connectivity index (χ2v) is 6.43. The van der Waals surface area contributed by atoms with E-state index in [9.17, 15) is 0 Å². The van der Waals surface area contributed by atoms with Crippen molar-refractivity contribution in [3.8, 4) is 5.75 Å². The third-order valence-electron chi connectivity index (χ3n) is 3.79. The number of pyridine rings is 1. The molecule has 2 aromatic rings. The Kier molecular flexibility index (Phi) is 7.26. The molecule has 0 aliphatic carbocycles. The first-order valence-corrected chi connectivity index (χ1v) is 8.79. The van der Waals surface area contributed by atoms with Gasteiger partial charge in [0, 0.05) is 21.1 Å². The molecule has 0 amide bonds. The Morgan fingerprint density at radius 3 is 2.65 bits per heavy atom. The van der Waals surface area contributed by atoms with E-state index in [1.165, 1.54) is 5.56 Å². The van der Waals surface area contributed by atoms with Crippen LogP contribution < -0.4 is 20.3 Å². The molecule has 6 heteroatoms. The molecule has 0 radical (unpaired) electrons. The molecule has 0 aliphatic heterocycles. The quantitative estimate of drug-likeness (QED) is 0.590. The zero-order valence-corrected chi connectivity index (χ0v) is 16.3. The molecule has 1 heterocycles. The van der Waals surface area contributed by atoms with Gasteiger partial charge in [0.2, 0.25) is 0 Å². The van der Waals surface area contributed by atoms with E-state index < -0.39 is 0 Å². The van der Waals surface area contributed by atoms with Gasteiger partial charge < -0.3 is 20.3 Å². The number of guanidine groups is 1. The molecule has 0 spiro atoms. The van der Waals surface area contributed by atoms with Gasteiger partial charge in [-0.05, 0) is 43.7 Å². The molecule has 1 aromatic heterocycles. The fourth-order valence-electron chi connectivity index (χ4n) is 2.41. The molecular formula is C20H29N5O. The van der Waals surface area contributed by atoms with Gasteiger partial charge in [-0.2, -0.15) is 0 Å². The fourth-order valence-corrected chi connectivity index (χ4v) is 2.41. The van der Waals surface area contributed by atoms with Crippen LogP contribution in [0.3, 0.4) is 0 Å². The Balaban J connectivity index is 1.81. The highest BCUT2D eigenvalue weighted by molar-refractivity contribution is 5.79. The van der Waals surface area contributed by atoms with Crippen LogP contribution in [0.1, 0.15) is 18.2 Å². The normalized spacial score (nSPS) is 12.4. The summed E-state index contributed by atoms with van der Waals surface area (Å²) in [5, 5.41) is 6.57. The van der Waals surface area contributed by atoms with Crippen molar-refractivity contribution in [2.75, 3.05) is 32.6 Å². The summed E-state index contributed by atoms with van der Waals surface area (Å²) < 4.78 is 5.93. The van der Waals surface area contributed by atoms with E-state index in [1.54, 1.807) is 7.05 Å². The van der Waals surface area contributed by atoms with Crippen LogP contribution in [-0.4, -0.2) is 44.7 Å². The van der Waals surface area contributed by atoms with Crippen LogP contribution in [0.5, 0.6) is 5.75 Å². The molecule has 1 aromatic carbocycles. The number of nitrogens with zero attached hydrogens (tertiary/aromatic N) is 3. The van der Waals surface area contributed by atoms with Crippen LogP contribution in [0.25, 0.3) is 0 Å². The molecule has 0 saturated heterocycles. The maximum Gasteiger partial charge on any atom is 0.191 e. The van der Waals surface area contributed by atoms with Gasteiger partial charge in [-0.1, -0.05) is 18.2 Å². The second kappa shape index (κ2) is 9.65. The first-order valence-electron chi connectivity index (χ1n) is 8.79. The lowest BCUT2D eigenvalue weighted by Gasteiger charge is -2.18. The lowest BCUT2D eigenvalue weighted by atomic mass is 10.2. The van der Waals surface area contributed by atoms with Gasteiger partial charge in [0.15, 0.2) is 5.96 Å². The number of hydrogen-bond donors (Lipinski definition) is 2. The van der Waals surface area contributed by atoms with Gasteiger partial charge in [0.25, 0.3) is 0 Å². The zero-order chi connectivity index (χ0) is 18.9. The number of aromatic nitrogens is 1. The topological polar surface area (TPSA) is 61.8 Å². The van der Waals surface area contributed by atoms with Crippen LogP contribution in [0.2, 0.25) is 0 Å². The molecule has 2 N–H and O–H groups in total.